The van der Waals surface area contributed by atoms with Gasteiger partial charge in [-0.3, -0.25) is 4.79 Å². The Balaban J connectivity index is 1.71. The number of amides is 1. The van der Waals surface area contributed by atoms with Crippen molar-refractivity contribution in [3.8, 4) is 10.6 Å². The smallest absolute Gasteiger partial charge is 0.263 e. The van der Waals surface area contributed by atoms with Crippen molar-refractivity contribution >= 4 is 17.2 Å². The fraction of sp³-hybridized carbons (Fsp3) is 0.412. The number of hydrogen-bond acceptors (Lipinski definition) is 4. The zero-order valence-electron chi connectivity index (χ0n) is 12.9. The molecule has 0 saturated carbocycles. The molecule has 0 bridgehead atoms. The molecule has 0 spiro atoms. The van der Waals surface area contributed by atoms with Crippen LogP contribution < -0.4 is 5.32 Å². The summed E-state index contributed by atoms with van der Waals surface area (Å²) in [5.41, 5.74) is 3.05. The second kappa shape index (κ2) is 6.58. The van der Waals surface area contributed by atoms with Crippen molar-refractivity contribution in [1.82, 2.24) is 10.3 Å². The van der Waals surface area contributed by atoms with Crippen molar-refractivity contribution in [1.29, 1.82) is 0 Å². The quantitative estimate of drug-likeness (QED) is 0.941. The molecule has 1 aromatic heterocycles. The van der Waals surface area contributed by atoms with Crippen LogP contribution in [0.3, 0.4) is 0 Å². The summed E-state index contributed by atoms with van der Waals surface area (Å²) in [4.78, 5) is 17.6. The first-order valence-electron chi connectivity index (χ1n) is 7.58. The largest absolute Gasteiger partial charge is 0.376 e. The highest BCUT2D eigenvalue weighted by Gasteiger charge is 2.19. The Bertz CT molecular complexity index is 658. The summed E-state index contributed by atoms with van der Waals surface area (Å²) in [7, 11) is 0. The fourth-order valence-corrected chi connectivity index (χ4v) is 3.51. The van der Waals surface area contributed by atoms with Crippen LogP contribution in [0.25, 0.3) is 10.6 Å². The van der Waals surface area contributed by atoms with Gasteiger partial charge in [-0.25, -0.2) is 4.98 Å². The van der Waals surface area contributed by atoms with E-state index in [1.807, 2.05) is 19.1 Å². The van der Waals surface area contributed by atoms with Crippen LogP contribution in [0.5, 0.6) is 0 Å². The van der Waals surface area contributed by atoms with Crippen molar-refractivity contribution in [3.63, 3.8) is 0 Å². The zero-order chi connectivity index (χ0) is 15.5. The summed E-state index contributed by atoms with van der Waals surface area (Å²) in [6, 6.07) is 8.20. The molecule has 0 unspecified atom stereocenters. The third-order valence-electron chi connectivity index (χ3n) is 3.82. The van der Waals surface area contributed by atoms with Crippen molar-refractivity contribution in [2.75, 3.05) is 13.2 Å². The molecule has 22 heavy (non-hydrogen) atoms. The number of carbonyl (C=O) groups is 1. The monoisotopic (exact) mass is 316 g/mol. The summed E-state index contributed by atoms with van der Waals surface area (Å²) in [6.45, 7) is 5.32. The SMILES string of the molecule is Cc1ccc(-c2nc(C)c(C(=O)NC[C@H]3CCCO3)s2)cc1. The summed E-state index contributed by atoms with van der Waals surface area (Å²) in [6.07, 6.45) is 2.27. The van der Waals surface area contributed by atoms with Crippen molar-refractivity contribution < 1.29 is 9.53 Å². The Morgan fingerprint density at radius 1 is 1.36 bits per heavy atom. The van der Waals surface area contributed by atoms with E-state index >= 15 is 0 Å². The zero-order valence-corrected chi connectivity index (χ0v) is 13.7. The van der Waals surface area contributed by atoms with E-state index in [9.17, 15) is 4.79 Å². The van der Waals surface area contributed by atoms with E-state index in [4.69, 9.17) is 4.74 Å². The van der Waals surface area contributed by atoms with E-state index in [1.54, 1.807) is 0 Å². The second-order valence-corrected chi connectivity index (χ2v) is 6.64. The lowest BCUT2D eigenvalue weighted by Crippen LogP contribution is -2.31. The van der Waals surface area contributed by atoms with Gasteiger partial charge in [0, 0.05) is 18.7 Å². The summed E-state index contributed by atoms with van der Waals surface area (Å²) < 4.78 is 5.53. The Kier molecular flexibility index (Phi) is 4.55. The molecule has 0 aliphatic carbocycles. The van der Waals surface area contributed by atoms with Crippen LogP contribution in [0.2, 0.25) is 0 Å². The number of carbonyl (C=O) groups excluding carboxylic acids is 1. The second-order valence-electron chi connectivity index (χ2n) is 5.64. The predicted octanol–water partition coefficient (Wildman–Crippen LogP) is 3.34. The van der Waals surface area contributed by atoms with Gasteiger partial charge in [0.05, 0.1) is 11.8 Å². The third-order valence-corrected chi connectivity index (χ3v) is 5.02. The lowest BCUT2D eigenvalue weighted by molar-refractivity contribution is 0.0860. The molecule has 1 amide bonds. The van der Waals surface area contributed by atoms with E-state index in [-0.39, 0.29) is 12.0 Å². The number of nitrogens with one attached hydrogen (secondary N) is 1. The minimum absolute atomic E-state index is 0.0520. The molecule has 1 saturated heterocycles. The van der Waals surface area contributed by atoms with Crippen LogP contribution in [-0.2, 0) is 4.74 Å². The van der Waals surface area contributed by atoms with Crippen LogP contribution >= 0.6 is 11.3 Å². The number of thiazole rings is 1. The highest BCUT2D eigenvalue weighted by molar-refractivity contribution is 7.17. The van der Waals surface area contributed by atoms with E-state index < -0.39 is 0 Å². The highest BCUT2D eigenvalue weighted by atomic mass is 32.1. The predicted molar refractivity (Wildman–Crippen MR) is 88.3 cm³/mol. The first kappa shape index (κ1) is 15.2. The van der Waals surface area contributed by atoms with Crippen LogP contribution in [-0.4, -0.2) is 30.1 Å². The Hall–Kier alpha value is -1.72. The first-order chi connectivity index (χ1) is 10.6. The molecule has 4 nitrogen and oxygen atoms in total. The molecule has 5 heteroatoms. The number of nitrogens with zero attached hydrogens (tertiary/aromatic N) is 1. The molecule has 1 N–H and O–H groups in total. The van der Waals surface area contributed by atoms with Crippen molar-refractivity contribution in [3.05, 3.63) is 40.4 Å². The Morgan fingerprint density at radius 2 is 2.14 bits per heavy atom. The molecular formula is C17H20N2O2S. The van der Waals surface area contributed by atoms with Crippen molar-refractivity contribution in [2.45, 2.75) is 32.8 Å². The minimum atomic E-state index is -0.0520. The van der Waals surface area contributed by atoms with Gasteiger partial charge in [0.1, 0.15) is 9.88 Å². The molecule has 116 valence electrons. The normalized spacial score (nSPS) is 17.6. The van der Waals surface area contributed by atoms with Gasteiger partial charge in [-0.1, -0.05) is 29.8 Å². The summed E-state index contributed by atoms with van der Waals surface area (Å²) >= 11 is 1.45. The molecule has 3 rings (SSSR count). The number of aromatic nitrogens is 1. The molecule has 1 atom stereocenters. The lowest BCUT2D eigenvalue weighted by atomic mass is 10.2. The number of benzene rings is 1. The number of ether oxygens (including phenoxy) is 1. The molecule has 0 radical (unpaired) electrons. The van der Waals surface area contributed by atoms with Crippen LogP contribution in [0.15, 0.2) is 24.3 Å². The average molecular weight is 316 g/mol. The fourth-order valence-electron chi connectivity index (χ4n) is 2.52. The van der Waals surface area contributed by atoms with E-state index in [2.05, 4.69) is 29.4 Å². The van der Waals surface area contributed by atoms with Crippen LogP contribution in [0, 0.1) is 13.8 Å². The Labute approximate surface area is 134 Å². The summed E-state index contributed by atoms with van der Waals surface area (Å²) in [5, 5.41) is 3.85. The molecule has 2 heterocycles. The van der Waals surface area contributed by atoms with Gasteiger partial charge in [0.2, 0.25) is 0 Å². The summed E-state index contributed by atoms with van der Waals surface area (Å²) in [5.74, 6) is -0.0520. The maximum atomic E-state index is 12.3. The molecule has 1 fully saturated rings. The van der Waals surface area contributed by atoms with Gasteiger partial charge in [0.25, 0.3) is 5.91 Å². The van der Waals surface area contributed by atoms with Gasteiger partial charge in [0.15, 0.2) is 0 Å². The molecule has 1 aliphatic rings. The van der Waals surface area contributed by atoms with E-state index in [0.717, 1.165) is 35.7 Å². The van der Waals surface area contributed by atoms with Gasteiger partial charge in [-0.2, -0.15) is 0 Å². The topological polar surface area (TPSA) is 51.2 Å². The van der Waals surface area contributed by atoms with E-state index in [0.29, 0.717) is 11.4 Å². The van der Waals surface area contributed by atoms with Crippen LogP contribution in [0.1, 0.15) is 33.8 Å². The first-order valence-corrected chi connectivity index (χ1v) is 8.39. The highest BCUT2D eigenvalue weighted by Crippen LogP contribution is 2.28. The average Bonchev–Trinajstić information content (AvgIpc) is 3.15. The maximum Gasteiger partial charge on any atom is 0.263 e. The van der Waals surface area contributed by atoms with Crippen molar-refractivity contribution in [2.24, 2.45) is 0 Å². The standard InChI is InChI=1S/C17H20N2O2S/c1-11-5-7-13(8-6-11)17-19-12(2)15(22-17)16(20)18-10-14-4-3-9-21-14/h5-8,14H,3-4,9-10H2,1-2H3,(H,18,20)/t14-/m1/s1. The third kappa shape index (κ3) is 3.36. The number of rotatable bonds is 4. The minimum Gasteiger partial charge on any atom is -0.376 e. The molecule has 2 aromatic rings. The van der Waals surface area contributed by atoms with Crippen LogP contribution in [0.4, 0.5) is 0 Å². The molecule has 1 aliphatic heterocycles. The molecular weight excluding hydrogens is 296 g/mol. The number of hydrogen-bond donors (Lipinski definition) is 1. The number of aryl methyl sites for hydroxylation is 2. The maximum absolute atomic E-state index is 12.3. The van der Waals surface area contributed by atoms with E-state index in [1.165, 1.54) is 16.9 Å². The van der Waals surface area contributed by atoms with Gasteiger partial charge < -0.3 is 10.1 Å². The lowest BCUT2D eigenvalue weighted by Gasteiger charge is -2.09. The van der Waals surface area contributed by atoms with Gasteiger partial charge in [-0.15, -0.1) is 11.3 Å². The van der Waals surface area contributed by atoms with Gasteiger partial charge >= 0.3 is 0 Å². The Morgan fingerprint density at radius 3 is 2.82 bits per heavy atom. The molecule has 1 aromatic carbocycles. The van der Waals surface area contributed by atoms with Gasteiger partial charge in [-0.05, 0) is 26.7 Å².